The molecule has 0 saturated heterocycles. The lowest BCUT2D eigenvalue weighted by atomic mass is 9.96. The van der Waals surface area contributed by atoms with Gasteiger partial charge in [0.2, 0.25) is 0 Å². The number of benzene rings is 1. The Labute approximate surface area is 115 Å². The van der Waals surface area contributed by atoms with E-state index in [0.717, 1.165) is 11.3 Å². The summed E-state index contributed by atoms with van der Waals surface area (Å²) in [6.07, 6.45) is 0. The topological polar surface area (TPSA) is 47.6 Å². The highest BCUT2D eigenvalue weighted by Gasteiger charge is 2.22. The molecule has 1 rings (SSSR count). The van der Waals surface area contributed by atoms with Gasteiger partial charge in [-0.25, -0.2) is 0 Å². The number of carbonyl (C=O) groups excluding carboxylic acids is 1. The molecule has 0 radical (unpaired) electrons. The summed E-state index contributed by atoms with van der Waals surface area (Å²) < 4.78 is 9.99. The van der Waals surface area contributed by atoms with Gasteiger partial charge >= 0.3 is 5.97 Å². The molecule has 0 spiro atoms. The van der Waals surface area contributed by atoms with E-state index in [4.69, 9.17) is 9.47 Å². The molecule has 4 heteroatoms. The molecule has 0 amide bonds. The molecule has 106 valence electrons. The minimum absolute atomic E-state index is 0.115. The number of rotatable bonds is 7. The van der Waals surface area contributed by atoms with Crippen molar-refractivity contribution in [3.05, 3.63) is 29.8 Å². The van der Waals surface area contributed by atoms with Gasteiger partial charge in [0.05, 0.1) is 20.1 Å². The highest BCUT2D eigenvalue weighted by molar-refractivity contribution is 5.72. The van der Waals surface area contributed by atoms with Gasteiger partial charge in [0.15, 0.2) is 0 Å². The van der Waals surface area contributed by atoms with E-state index >= 15 is 0 Å². The van der Waals surface area contributed by atoms with Gasteiger partial charge in [-0.2, -0.15) is 0 Å². The van der Waals surface area contributed by atoms with Gasteiger partial charge in [0.25, 0.3) is 0 Å². The van der Waals surface area contributed by atoms with Crippen LogP contribution in [0.1, 0.15) is 19.4 Å². The van der Waals surface area contributed by atoms with Crippen molar-refractivity contribution in [3.63, 3.8) is 0 Å². The molecule has 1 aromatic rings. The molecule has 0 aliphatic heterocycles. The SMILES string of the molecule is COC(=O)C(CNCc1cccc(OC)c1)C(C)C. The van der Waals surface area contributed by atoms with Crippen LogP contribution in [0.25, 0.3) is 0 Å². The lowest BCUT2D eigenvalue weighted by molar-refractivity contribution is -0.146. The summed E-state index contributed by atoms with van der Waals surface area (Å²) in [5.74, 6) is 0.821. The quantitative estimate of drug-likeness (QED) is 0.768. The van der Waals surface area contributed by atoms with Crippen LogP contribution in [0.2, 0.25) is 0 Å². The summed E-state index contributed by atoms with van der Waals surface area (Å²) >= 11 is 0. The number of methoxy groups -OCH3 is 2. The lowest BCUT2D eigenvalue weighted by Gasteiger charge is -2.18. The number of ether oxygens (including phenoxy) is 2. The van der Waals surface area contributed by atoms with E-state index in [0.29, 0.717) is 13.1 Å². The summed E-state index contributed by atoms with van der Waals surface area (Å²) in [6.45, 7) is 5.36. The molecule has 0 heterocycles. The van der Waals surface area contributed by atoms with E-state index in [1.165, 1.54) is 7.11 Å². The maximum absolute atomic E-state index is 11.6. The number of esters is 1. The minimum atomic E-state index is -0.159. The van der Waals surface area contributed by atoms with Crippen molar-refractivity contribution < 1.29 is 14.3 Å². The maximum Gasteiger partial charge on any atom is 0.310 e. The largest absolute Gasteiger partial charge is 0.497 e. The van der Waals surface area contributed by atoms with Gasteiger partial charge in [0, 0.05) is 13.1 Å². The Morgan fingerprint density at radius 2 is 2.05 bits per heavy atom. The molecule has 0 aliphatic rings. The van der Waals surface area contributed by atoms with Crippen LogP contribution in [-0.4, -0.2) is 26.7 Å². The summed E-state index contributed by atoms with van der Waals surface area (Å²) in [6, 6.07) is 7.87. The first-order chi connectivity index (χ1) is 9.08. The number of hydrogen-bond acceptors (Lipinski definition) is 4. The summed E-state index contributed by atoms with van der Waals surface area (Å²) in [5.41, 5.74) is 1.13. The lowest BCUT2D eigenvalue weighted by Crippen LogP contribution is -2.32. The third kappa shape index (κ3) is 4.91. The van der Waals surface area contributed by atoms with Crippen LogP contribution in [0.15, 0.2) is 24.3 Å². The van der Waals surface area contributed by atoms with Gasteiger partial charge in [-0.3, -0.25) is 4.79 Å². The molecule has 0 aromatic heterocycles. The van der Waals surface area contributed by atoms with Gasteiger partial charge in [-0.05, 0) is 23.6 Å². The second-order valence-corrected chi connectivity index (χ2v) is 4.86. The van der Waals surface area contributed by atoms with Crippen molar-refractivity contribution in [2.45, 2.75) is 20.4 Å². The summed E-state index contributed by atoms with van der Waals surface area (Å²) in [7, 11) is 3.08. The van der Waals surface area contributed by atoms with Crippen molar-refractivity contribution in [1.82, 2.24) is 5.32 Å². The molecule has 1 N–H and O–H groups in total. The van der Waals surface area contributed by atoms with Crippen LogP contribution in [0.3, 0.4) is 0 Å². The van der Waals surface area contributed by atoms with E-state index < -0.39 is 0 Å². The predicted molar refractivity (Wildman–Crippen MR) is 75.0 cm³/mol. The standard InChI is InChI=1S/C15H23NO3/c1-11(2)14(15(17)19-4)10-16-9-12-6-5-7-13(8-12)18-3/h5-8,11,14,16H,9-10H2,1-4H3. The molecular formula is C15H23NO3. The number of nitrogens with one attached hydrogen (secondary N) is 1. The first-order valence-corrected chi connectivity index (χ1v) is 6.50. The normalized spacial score (nSPS) is 12.3. The molecule has 19 heavy (non-hydrogen) atoms. The van der Waals surface area contributed by atoms with Crippen LogP contribution in [0, 0.1) is 11.8 Å². The first kappa shape index (κ1) is 15.5. The van der Waals surface area contributed by atoms with Gasteiger partial charge in [-0.1, -0.05) is 26.0 Å². The smallest absolute Gasteiger partial charge is 0.310 e. The molecule has 1 atom stereocenters. The van der Waals surface area contributed by atoms with Gasteiger partial charge in [0.1, 0.15) is 5.75 Å². The van der Waals surface area contributed by atoms with Crippen molar-refractivity contribution in [2.75, 3.05) is 20.8 Å². The summed E-state index contributed by atoms with van der Waals surface area (Å²) in [4.78, 5) is 11.6. The number of carbonyl (C=O) groups is 1. The van der Waals surface area contributed by atoms with Gasteiger partial charge < -0.3 is 14.8 Å². The molecular weight excluding hydrogens is 242 g/mol. The van der Waals surface area contributed by atoms with Crippen LogP contribution in [0.5, 0.6) is 5.75 Å². The number of hydrogen-bond donors (Lipinski definition) is 1. The molecule has 1 aromatic carbocycles. The Hall–Kier alpha value is -1.55. The zero-order chi connectivity index (χ0) is 14.3. The minimum Gasteiger partial charge on any atom is -0.497 e. The maximum atomic E-state index is 11.6. The van der Waals surface area contributed by atoms with Crippen LogP contribution in [-0.2, 0) is 16.1 Å². The highest BCUT2D eigenvalue weighted by Crippen LogP contribution is 2.14. The van der Waals surface area contributed by atoms with E-state index in [1.54, 1.807) is 7.11 Å². The monoisotopic (exact) mass is 265 g/mol. The second-order valence-electron chi connectivity index (χ2n) is 4.86. The molecule has 0 fully saturated rings. The Bertz CT molecular complexity index is 404. The van der Waals surface area contributed by atoms with Crippen LogP contribution < -0.4 is 10.1 Å². The Balaban J connectivity index is 2.49. The van der Waals surface area contributed by atoms with E-state index in [9.17, 15) is 4.79 Å². The van der Waals surface area contributed by atoms with Gasteiger partial charge in [-0.15, -0.1) is 0 Å². The zero-order valence-corrected chi connectivity index (χ0v) is 12.1. The van der Waals surface area contributed by atoms with Crippen molar-refractivity contribution in [2.24, 2.45) is 11.8 Å². The Morgan fingerprint density at radius 3 is 2.63 bits per heavy atom. The Kier molecular flexibility index (Phi) is 6.36. The zero-order valence-electron chi connectivity index (χ0n) is 12.1. The van der Waals surface area contributed by atoms with Crippen LogP contribution in [0.4, 0.5) is 0 Å². The molecule has 0 aliphatic carbocycles. The molecule has 1 unspecified atom stereocenters. The average Bonchev–Trinajstić information content (AvgIpc) is 2.42. The first-order valence-electron chi connectivity index (χ1n) is 6.50. The molecule has 4 nitrogen and oxygen atoms in total. The molecule has 0 saturated carbocycles. The van der Waals surface area contributed by atoms with E-state index in [2.05, 4.69) is 5.32 Å². The second kappa shape index (κ2) is 7.79. The Morgan fingerprint density at radius 1 is 1.32 bits per heavy atom. The van der Waals surface area contributed by atoms with Crippen molar-refractivity contribution in [3.8, 4) is 5.75 Å². The average molecular weight is 265 g/mol. The fraction of sp³-hybridized carbons (Fsp3) is 0.533. The van der Waals surface area contributed by atoms with Crippen LogP contribution >= 0.6 is 0 Å². The van der Waals surface area contributed by atoms with Crippen molar-refractivity contribution in [1.29, 1.82) is 0 Å². The van der Waals surface area contributed by atoms with Crippen molar-refractivity contribution >= 4 is 5.97 Å². The van der Waals surface area contributed by atoms with E-state index in [-0.39, 0.29) is 17.8 Å². The third-order valence-electron chi connectivity index (χ3n) is 3.14. The summed E-state index contributed by atoms with van der Waals surface area (Å²) in [5, 5.41) is 3.29. The van der Waals surface area contributed by atoms with E-state index in [1.807, 2.05) is 38.1 Å². The molecule has 0 bridgehead atoms. The third-order valence-corrected chi connectivity index (χ3v) is 3.14. The predicted octanol–water partition coefficient (Wildman–Crippen LogP) is 2.23. The fourth-order valence-electron chi connectivity index (χ4n) is 1.90. The fourth-order valence-corrected chi connectivity index (χ4v) is 1.90. The highest BCUT2D eigenvalue weighted by atomic mass is 16.5.